The zero-order valence-electron chi connectivity index (χ0n) is 15.5. The first-order valence-corrected chi connectivity index (χ1v) is 9.35. The predicted octanol–water partition coefficient (Wildman–Crippen LogP) is 4.28. The Kier molecular flexibility index (Phi) is 7.88. The lowest BCUT2D eigenvalue weighted by molar-refractivity contribution is -0.149. The fourth-order valence-electron chi connectivity index (χ4n) is 2.99. The van der Waals surface area contributed by atoms with E-state index in [0.29, 0.717) is 38.0 Å². The second-order valence-electron chi connectivity index (χ2n) is 6.47. The Morgan fingerprint density at radius 3 is 2.46 bits per heavy atom. The summed E-state index contributed by atoms with van der Waals surface area (Å²) in [6.07, 6.45) is 4.42. The van der Waals surface area contributed by atoms with E-state index in [2.05, 4.69) is 0 Å². The van der Waals surface area contributed by atoms with E-state index < -0.39 is 11.8 Å². The number of halogens is 1. The van der Waals surface area contributed by atoms with Crippen LogP contribution in [-0.2, 0) is 14.3 Å². The molecule has 0 N–H and O–H groups in total. The lowest BCUT2D eigenvalue weighted by atomic mass is 9.87. The largest absolute Gasteiger partial charge is 0.490 e. The molecule has 1 aromatic rings. The number of ether oxygens (including phenoxy) is 3. The molecule has 6 heteroatoms. The number of hydrogen-bond donors (Lipinski definition) is 0. The lowest BCUT2D eigenvalue weighted by Gasteiger charge is -2.27. The number of hydrogen-bond acceptors (Lipinski definition) is 5. The molecule has 0 saturated heterocycles. The summed E-state index contributed by atoms with van der Waals surface area (Å²) in [4.78, 5) is 23.6. The van der Waals surface area contributed by atoms with Gasteiger partial charge in [-0.2, -0.15) is 0 Å². The maximum absolute atomic E-state index is 14.2. The molecule has 26 heavy (non-hydrogen) atoms. The van der Waals surface area contributed by atoms with Gasteiger partial charge in [-0.15, -0.1) is 0 Å². The number of rotatable bonds is 8. The van der Waals surface area contributed by atoms with E-state index in [1.54, 1.807) is 13.0 Å². The number of carbonyl (C=O) groups excluding carboxylic acids is 2. The van der Waals surface area contributed by atoms with Crippen LogP contribution in [-0.4, -0.2) is 31.3 Å². The number of esters is 2. The molecule has 1 aliphatic rings. The topological polar surface area (TPSA) is 61.8 Å². The molecule has 1 fully saturated rings. The minimum Gasteiger partial charge on any atom is -0.490 e. The van der Waals surface area contributed by atoms with Gasteiger partial charge in [0.1, 0.15) is 11.6 Å². The van der Waals surface area contributed by atoms with Crippen molar-refractivity contribution < 1.29 is 28.2 Å². The Hall–Kier alpha value is -2.11. The molecule has 0 aromatic heterocycles. The van der Waals surface area contributed by atoms with E-state index in [1.807, 2.05) is 6.92 Å². The molecule has 1 aliphatic carbocycles. The van der Waals surface area contributed by atoms with Crippen molar-refractivity contribution in [2.75, 3.05) is 13.2 Å². The maximum atomic E-state index is 14.2. The van der Waals surface area contributed by atoms with Gasteiger partial charge < -0.3 is 14.2 Å². The average Bonchev–Trinajstić information content (AvgIpc) is 2.62. The molecule has 0 amide bonds. The van der Waals surface area contributed by atoms with Crippen LogP contribution < -0.4 is 4.74 Å². The number of unbranched alkanes of at least 4 members (excludes halogenated alkanes) is 1. The van der Waals surface area contributed by atoms with Gasteiger partial charge in [-0.05, 0) is 51.2 Å². The highest BCUT2D eigenvalue weighted by Crippen LogP contribution is 2.29. The van der Waals surface area contributed by atoms with Crippen molar-refractivity contribution in [3.05, 3.63) is 29.6 Å². The summed E-state index contributed by atoms with van der Waals surface area (Å²) in [5, 5.41) is 0. The summed E-state index contributed by atoms with van der Waals surface area (Å²) in [7, 11) is 0. The highest BCUT2D eigenvalue weighted by atomic mass is 19.1. The Bertz CT molecular complexity index is 608. The summed E-state index contributed by atoms with van der Waals surface area (Å²) in [5.74, 6) is -1.15. The standard InChI is InChI=1S/C20H27FO5/c1-3-5-12-25-20(23)17-11-10-16(13-18(17)21)26-15-8-6-14(7-9-15)19(22)24-4-2/h10-11,13-15H,3-9,12H2,1-2H3/t14-,15-. The van der Waals surface area contributed by atoms with Gasteiger partial charge in [-0.25, -0.2) is 9.18 Å². The molecule has 0 unspecified atom stereocenters. The second-order valence-corrected chi connectivity index (χ2v) is 6.47. The molecule has 0 aliphatic heterocycles. The fourth-order valence-corrected chi connectivity index (χ4v) is 2.99. The summed E-state index contributed by atoms with van der Waals surface area (Å²) in [6.45, 7) is 4.46. The molecule has 5 nitrogen and oxygen atoms in total. The van der Waals surface area contributed by atoms with Crippen LogP contribution in [0.5, 0.6) is 5.75 Å². The van der Waals surface area contributed by atoms with Crippen LogP contribution in [0, 0.1) is 11.7 Å². The van der Waals surface area contributed by atoms with Crippen molar-refractivity contribution in [1.29, 1.82) is 0 Å². The minimum absolute atomic E-state index is 0.0672. The van der Waals surface area contributed by atoms with Crippen molar-refractivity contribution in [1.82, 2.24) is 0 Å². The molecular formula is C20H27FO5. The van der Waals surface area contributed by atoms with E-state index in [-0.39, 0.29) is 30.2 Å². The summed E-state index contributed by atoms with van der Waals surface area (Å²) < 4.78 is 30.1. The van der Waals surface area contributed by atoms with Gasteiger partial charge in [0.05, 0.1) is 30.8 Å². The van der Waals surface area contributed by atoms with Crippen molar-refractivity contribution in [3.8, 4) is 5.75 Å². The Labute approximate surface area is 153 Å². The number of carbonyl (C=O) groups is 2. The van der Waals surface area contributed by atoms with Crippen LogP contribution >= 0.6 is 0 Å². The lowest BCUT2D eigenvalue weighted by Crippen LogP contribution is -2.29. The Morgan fingerprint density at radius 2 is 1.85 bits per heavy atom. The second kappa shape index (κ2) is 10.1. The SMILES string of the molecule is CCCCOC(=O)c1ccc(O[C@H]2CC[C@H](C(=O)OCC)CC2)cc1F. The van der Waals surface area contributed by atoms with Gasteiger partial charge in [0.2, 0.25) is 0 Å². The Balaban J connectivity index is 1.86. The monoisotopic (exact) mass is 366 g/mol. The van der Waals surface area contributed by atoms with Crippen LogP contribution in [0.15, 0.2) is 18.2 Å². The summed E-state index contributed by atoms with van der Waals surface area (Å²) in [5.41, 5.74) is -0.0838. The maximum Gasteiger partial charge on any atom is 0.341 e. The molecule has 0 spiro atoms. The molecule has 1 saturated carbocycles. The van der Waals surface area contributed by atoms with Crippen molar-refractivity contribution >= 4 is 11.9 Å². The third-order valence-electron chi connectivity index (χ3n) is 4.49. The molecule has 0 heterocycles. The van der Waals surface area contributed by atoms with Crippen molar-refractivity contribution in [2.45, 2.75) is 58.5 Å². The van der Waals surface area contributed by atoms with E-state index in [9.17, 15) is 14.0 Å². The van der Waals surface area contributed by atoms with Gasteiger partial charge >= 0.3 is 11.9 Å². The molecule has 0 atom stereocenters. The fraction of sp³-hybridized carbons (Fsp3) is 0.600. The summed E-state index contributed by atoms with van der Waals surface area (Å²) in [6, 6.07) is 4.19. The van der Waals surface area contributed by atoms with Crippen LogP contribution in [0.2, 0.25) is 0 Å². The van der Waals surface area contributed by atoms with Crippen molar-refractivity contribution in [3.63, 3.8) is 0 Å². The van der Waals surface area contributed by atoms with Gasteiger partial charge in [0, 0.05) is 6.07 Å². The van der Waals surface area contributed by atoms with Crippen molar-refractivity contribution in [2.24, 2.45) is 5.92 Å². The highest BCUT2D eigenvalue weighted by molar-refractivity contribution is 5.89. The quantitative estimate of drug-likeness (QED) is 0.507. The van der Waals surface area contributed by atoms with E-state index in [1.165, 1.54) is 12.1 Å². The molecule has 0 radical (unpaired) electrons. The smallest absolute Gasteiger partial charge is 0.341 e. The summed E-state index contributed by atoms with van der Waals surface area (Å²) >= 11 is 0. The van der Waals surface area contributed by atoms with Crippen LogP contribution in [0.3, 0.4) is 0 Å². The molecule has 0 bridgehead atoms. The molecule has 1 aromatic carbocycles. The third kappa shape index (κ3) is 5.71. The minimum atomic E-state index is -0.655. The van der Waals surface area contributed by atoms with E-state index in [4.69, 9.17) is 14.2 Å². The first kappa shape index (κ1) is 20.2. The molecule has 144 valence electrons. The van der Waals surface area contributed by atoms with Gasteiger partial charge in [-0.1, -0.05) is 13.3 Å². The first-order chi connectivity index (χ1) is 12.5. The normalized spacial score (nSPS) is 19.7. The first-order valence-electron chi connectivity index (χ1n) is 9.35. The Morgan fingerprint density at radius 1 is 1.12 bits per heavy atom. The predicted molar refractivity (Wildman–Crippen MR) is 94.6 cm³/mol. The zero-order valence-corrected chi connectivity index (χ0v) is 15.5. The third-order valence-corrected chi connectivity index (χ3v) is 4.49. The average molecular weight is 366 g/mol. The highest BCUT2D eigenvalue weighted by Gasteiger charge is 2.28. The van der Waals surface area contributed by atoms with E-state index in [0.717, 1.165) is 12.8 Å². The van der Waals surface area contributed by atoms with Crippen LogP contribution in [0.1, 0.15) is 62.7 Å². The van der Waals surface area contributed by atoms with Crippen LogP contribution in [0.25, 0.3) is 0 Å². The number of benzene rings is 1. The molecule has 2 rings (SSSR count). The molecular weight excluding hydrogens is 339 g/mol. The van der Waals surface area contributed by atoms with Gasteiger partial charge in [0.15, 0.2) is 0 Å². The van der Waals surface area contributed by atoms with Gasteiger partial charge in [0.25, 0.3) is 0 Å². The zero-order chi connectivity index (χ0) is 18.9. The van der Waals surface area contributed by atoms with E-state index >= 15 is 0 Å². The van der Waals surface area contributed by atoms with Gasteiger partial charge in [-0.3, -0.25) is 4.79 Å². The van der Waals surface area contributed by atoms with Crippen LogP contribution in [0.4, 0.5) is 4.39 Å².